The Morgan fingerprint density at radius 1 is 1.28 bits per heavy atom. The number of hydrogen-bond donors (Lipinski definition) is 2. The molecule has 0 aromatic rings. The highest BCUT2D eigenvalue weighted by molar-refractivity contribution is 5.82. The number of urea groups is 1. The predicted octanol–water partition coefficient (Wildman–Crippen LogP) is 2.17. The van der Waals surface area contributed by atoms with Crippen molar-refractivity contribution in [2.24, 2.45) is 11.8 Å². The van der Waals surface area contributed by atoms with Gasteiger partial charge in [-0.3, -0.25) is 0 Å². The van der Waals surface area contributed by atoms with E-state index in [1.807, 2.05) is 13.8 Å². The van der Waals surface area contributed by atoms with Crippen LogP contribution in [0.3, 0.4) is 0 Å². The van der Waals surface area contributed by atoms with Gasteiger partial charge in [0.15, 0.2) is 0 Å². The SMILES string of the molecule is CC[C@H](C)[C@H](NC(=O)N(C)CCC(C)C)C(=O)O. The van der Waals surface area contributed by atoms with Gasteiger partial charge in [0.1, 0.15) is 6.04 Å². The number of amides is 2. The molecule has 0 saturated heterocycles. The topological polar surface area (TPSA) is 69.6 Å². The highest BCUT2D eigenvalue weighted by Crippen LogP contribution is 2.09. The van der Waals surface area contributed by atoms with Gasteiger partial charge in [0.05, 0.1) is 0 Å². The Morgan fingerprint density at radius 3 is 2.22 bits per heavy atom. The summed E-state index contributed by atoms with van der Waals surface area (Å²) in [5, 5.41) is 11.7. The Kier molecular flexibility index (Phi) is 7.39. The molecule has 0 heterocycles. The Labute approximate surface area is 110 Å². The van der Waals surface area contributed by atoms with Crippen LogP contribution in [0.15, 0.2) is 0 Å². The lowest BCUT2D eigenvalue weighted by Gasteiger charge is -2.24. The smallest absolute Gasteiger partial charge is 0.326 e. The predicted molar refractivity (Wildman–Crippen MR) is 71.5 cm³/mol. The minimum absolute atomic E-state index is 0.0788. The molecule has 0 aromatic carbocycles. The number of carbonyl (C=O) groups excluding carboxylic acids is 1. The molecule has 0 spiro atoms. The molecule has 0 aromatic heterocycles. The second-order valence-corrected chi connectivity index (χ2v) is 5.26. The van der Waals surface area contributed by atoms with Crippen molar-refractivity contribution in [3.8, 4) is 0 Å². The van der Waals surface area contributed by atoms with E-state index in [-0.39, 0.29) is 11.9 Å². The maximum Gasteiger partial charge on any atom is 0.326 e. The van der Waals surface area contributed by atoms with Gasteiger partial charge >= 0.3 is 12.0 Å². The number of nitrogens with one attached hydrogen (secondary N) is 1. The minimum atomic E-state index is -0.977. The quantitative estimate of drug-likeness (QED) is 0.735. The van der Waals surface area contributed by atoms with Crippen LogP contribution in [-0.4, -0.2) is 41.6 Å². The summed E-state index contributed by atoms with van der Waals surface area (Å²) in [4.78, 5) is 24.5. The van der Waals surface area contributed by atoms with E-state index in [1.165, 1.54) is 0 Å². The average molecular weight is 258 g/mol. The van der Waals surface area contributed by atoms with Crippen LogP contribution in [0.5, 0.6) is 0 Å². The van der Waals surface area contributed by atoms with E-state index in [0.29, 0.717) is 18.9 Å². The number of carboxylic acids is 1. The van der Waals surface area contributed by atoms with Crippen LogP contribution in [0.25, 0.3) is 0 Å². The number of hydrogen-bond acceptors (Lipinski definition) is 2. The van der Waals surface area contributed by atoms with Crippen molar-refractivity contribution in [1.29, 1.82) is 0 Å². The van der Waals surface area contributed by atoms with E-state index in [1.54, 1.807) is 11.9 Å². The van der Waals surface area contributed by atoms with E-state index in [2.05, 4.69) is 19.2 Å². The minimum Gasteiger partial charge on any atom is -0.480 e. The molecule has 106 valence electrons. The summed E-state index contributed by atoms with van der Waals surface area (Å²) in [5.41, 5.74) is 0. The van der Waals surface area contributed by atoms with Gasteiger partial charge in [-0.05, 0) is 18.3 Å². The molecule has 5 heteroatoms. The zero-order valence-electron chi connectivity index (χ0n) is 12.1. The van der Waals surface area contributed by atoms with Crippen LogP contribution in [0.1, 0.15) is 40.5 Å². The first-order valence-electron chi connectivity index (χ1n) is 6.54. The molecular weight excluding hydrogens is 232 g/mol. The van der Waals surface area contributed by atoms with Crippen LogP contribution in [0.2, 0.25) is 0 Å². The molecule has 0 aliphatic carbocycles. The summed E-state index contributed by atoms with van der Waals surface area (Å²) >= 11 is 0. The van der Waals surface area contributed by atoms with Gasteiger partial charge in [-0.25, -0.2) is 9.59 Å². The number of nitrogens with zero attached hydrogens (tertiary/aromatic N) is 1. The summed E-state index contributed by atoms with van der Waals surface area (Å²) < 4.78 is 0. The fraction of sp³-hybridized carbons (Fsp3) is 0.846. The van der Waals surface area contributed by atoms with E-state index in [0.717, 1.165) is 6.42 Å². The van der Waals surface area contributed by atoms with Gasteiger partial charge in [-0.2, -0.15) is 0 Å². The molecule has 2 N–H and O–H groups in total. The lowest BCUT2D eigenvalue weighted by atomic mass is 9.99. The van der Waals surface area contributed by atoms with Crippen LogP contribution in [0, 0.1) is 11.8 Å². The highest BCUT2D eigenvalue weighted by Gasteiger charge is 2.26. The van der Waals surface area contributed by atoms with E-state index >= 15 is 0 Å². The molecule has 0 fully saturated rings. The van der Waals surface area contributed by atoms with Crippen molar-refractivity contribution in [2.45, 2.75) is 46.6 Å². The molecule has 0 aliphatic heterocycles. The molecule has 2 amide bonds. The Balaban J connectivity index is 4.37. The summed E-state index contributed by atoms with van der Waals surface area (Å²) in [6, 6.07) is -1.13. The lowest BCUT2D eigenvalue weighted by Crippen LogP contribution is -2.49. The maximum atomic E-state index is 11.8. The second kappa shape index (κ2) is 7.95. The molecule has 18 heavy (non-hydrogen) atoms. The van der Waals surface area contributed by atoms with Gasteiger partial charge in [0, 0.05) is 13.6 Å². The molecule has 0 unspecified atom stereocenters. The van der Waals surface area contributed by atoms with Crippen LogP contribution in [-0.2, 0) is 4.79 Å². The third-order valence-corrected chi connectivity index (χ3v) is 3.15. The summed E-state index contributed by atoms with van der Waals surface area (Å²) in [6.45, 7) is 8.55. The van der Waals surface area contributed by atoms with E-state index in [9.17, 15) is 9.59 Å². The number of rotatable bonds is 7. The van der Waals surface area contributed by atoms with Crippen LogP contribution >= 0.6 is 0 Å². The first kappa shape index (κ1) is 16.7. The summed E-state index contributed by atoms with van der Waals surface area (Å²) in [7, 11) is 1.69. The second-order valence-electron chi connectivity index (χ2n) is 5.26. The zero-order valence-corrected chi connectivity index (χ0v) is 12.1. The molecule has 2 atom stereocenters. The van der Waals surface area contributed by atoms with Crippen molar-refractivity contribution in [3.05, 3.63) is 0 Å². The lowest BCUT2D eigenvalue weighted by molar-refractivity contribution is -0.140. The molecule has 0 rings (SSSR count). The van der Waals surface area contributed by atoms with E-state index < -0.39 is 12.0 Å². The van der Waals surface area contributed by atoms with Gasteiger partial charge in [-0.15, -0.1) is 0 Å². The Hall–Kier alpha value is -1.26. The highest BCUT2D eigenvalue weighted by atomic mass is 16.4. The normalized spacial score (nSPS) is 14.1. The van der Waals surface area contributed by atoms with Crippen molar-refractivity contribution >= 4 is 12.0 Å². The van der Waals surface area contributed by atoms with Crippen LogP contribution < -0.4 is 5.32 Å². The first-order valence-corrected chi connectivity index (χ1v) is 6.54. The van der Waals surface area contributed by atoms with E-state index in [4.69, 9.17) is 5.11 Å². The fourth-order valence-corrected chi connectivity index (χ4v) is 1.48. The zero-order chi connectivity index (χ0) is 14.3. The summed E-state index contributed by atoms with van der Waals surface area (Å²) in [6.07, 6.45) is 1.62. The van der Waals surface area contributed by atoms with Gasteiger partial charge in [0.2, 0.25) is 0 Å². The fourth-order valence-electron chi connectivity index (χ4n) is 1.48. The van der Waals surface area contributed by atoms with Gasteiger partial charge in [0.25, 0.3) is 0 Å². The Bertz CT molecular complexity index is 279. The Morgan fingerprint density at radius 2 is 1.83 bits per heavy atom. The summed E-state index contributed by atoms with van der Waals surface area (Å²) in [5.74, 6) is -0.537. The standard InChI is InChI=1S/C13H26N2O3/c1-6-10(4)11(12(16)17)14-13(18)15(5)8-7-9(2)3/h9-11H,6-8H2,1-5H3,(H,14,18)(H,16,17)/t10-,11-/m0/s1. The van der Waals surface area contributed by atoms with Crippen molar-refractivity contribution < 1.29 is 14.7 Å². The van der Waals surface area contributed by atoms with Crippen molar-refractivity contribution in [1.82, 2.24) is 10.2 Å². The number of aliphatic carboxylic acids is 1. The number of carbonyl (C=O) groups is 2. The van der Waals surface area contributed by atoms with Gasteiger partial charge in [-0.1, -0.05) is 34.1 Å². The third kappa shape index (κ3) is 5.89. The number of carboxylic acid groups (broad SMARTS) is 1. The first-order chi connectivity index (χ1) is 8.29. The van der Waals surface area contributed by atoms with Crippen LogP contribution in [0.4, 0.5) is 4.79 Å². The van der Waals surface area contributed by atoms with Gasteiger partial charge < -0.3 is 15.3 Å². The monoisotopic (exact) mass is 258 g/mol. The maximum absolute atomic E-state index is 11.8. The largest absolute Gasteiger partial charge is 0.480 e. The molecule has 0 aliphatic rings. The molecule has 0 radical (unpaired) electrons. The van der Waals surface area contributed by atoms with Crippen molar-refractivity contribution in [2.75, 3.05) is 13.6 Å². The third-order valence-electron chi connectivity index (χ3n) is 3.15. The average Bonchev–Trinajstić information content (AvgIpc) is 2.30. The molecule has 0 bridgehead atoms. The molecule has 5 nitrogen and oxygen atoms in total. The molecule has 0 saturated carbocycles. The molecular formula is C13H26N2O3. The van der Waals surface area contributed by atoms with Crippen molar-refractivity contribution in [3.63, 3.8) is 0 Å².